The maximum Gasteiger partial charge on any atom is 0.236 e. The lowest BCUT2D eigenvalue weighted by atomic mass is 10.2. The molecule has 0 atom stereocenters. The lowest BCUT2D eigenvalue weighted by molar-refractivity contribution is 0.612. The van der Waals surface area contributed by atoms with Gasteiger partial charge in [-0.2, -0.15) is 5.11 Å². The summed E-state index contributed by atoms with van der Waals surface area (Å²) in [5, 5.41) is 8.50. The Balaban J connectivity index is 0.000000351. The van der Waals surface area contributed by atoms with E-state index in [0.29, 0.717) is 0 Å². The summed E-state index contributed by atoms with van der Waals surface area (Å²) in [5.41, 5.74) is 2.80. The predicted octanol–water partition coefficient (Wildman–Crippen LogP) is 4.91. The van der Waals surface area contributed by atoms with E-state index in [1.165, 1.54) is 6.08 Å². The highest BCUT2D eigenvalue weighted by atomic mass is 35.7. The van der Waals surface area contributed by atoms with Crippen molar-refractivity contribution in [1.82, 2.24) is 0 Å². The van der Waals surface area contributed by atoms with Crippen LogP contribution in [0.4, 0.5) is 17.1 Å². The van der Waals surface area contributed by atoms with Crippen molar-refractivity contribution in [2.24, 2.45) is 10.2 Å². The van der Waals surface area contributed by atoms with Crippen LogP contribution in [0, 0.1) is 0 Å². The highest BCUT2D eigenvalue weighted by Crippen LogP contribution is 2.28. The summed E-state index contributed by atoms with van der Waals surface area (Å²) in [6.45, 7) is 3.18. The molecule has 2 rings (SSSR count). The average molecular weight is 366 g/mol. The second-order valence-corrected chi connectivity index (χ2v) is 7.73. The second-order valence-electron chi connectivity index (χ2n) is 4.91. The minimum atomic E-state index is -3.32. The monoisotopic (exact) mass is 365 g/mol. The SMILES string of the molecule is C=CCS(=O)(=O)Cl.CN(C)c1ccccc1N=Nc1ccccc1. The fourth-order valence-electron chi connectivity index (χ4n) is 1.67. The van der Waals surface area contributed by atoms with Crippen molar-refractivity contribution < 1.29 is 8.42 Å². The predicted molar refractivity (Wildman–Crippen MR) is 101 cm³/mol. The highest BCUT2D eigenvalue weighted by Gasteiger charge is 2.01. The highest BCUT2D eigenvalue weighted by molar-refractivity contribution is 8.13. The Hall–Kier alpha value is -2.18. The minimum absolute atomic E-state index is 0.158. The van der Waals surface area contributed by atoms with Crippen LogP contribution in [-0.2, 0) is 9.05 Å². The smallest absolute Gasteiger partial charge is 0.236 e. The molecule has 0 saturated heterocycles. The Morgan fingerprint density at radius 1 is 1.04 bits per heavy atom. The van der Waals surface area contributed by atoms with Crippen LogP contribution in [-0.4, -0.2) is 28.3 Å². The van der Waals surface area contributed by atoms with Crippen LogP contribution < -0.4 is 4.90 Å². The molecular formula is C17H20ClN3O2S. The zero-order valence-electron chi connectivity index (χ0n) is 13.6. The van der Waals surface area contributed by atoms with Crippen molar-refractivity contribution in [3.8, 4) is 0 Å². The minimum Gasteiger partial charge on any atom is -0.376 e. The molecule has 0 aliphatic heterocycles. The summed E-state index contributed by atoms with van der Waals surface area (Å²) < 4.78 is 19.9. The van der Waals surface area contributed by atoms with Crippen molar-refractivity contribution in [3.63, 3.8) is 0 Å². The molecule has 0 bridgehead atoms. The molecule has 0 aliphatic rings. The number of halogens is 1. The summed E-state index contributed by atoms with van der Waals surface area (Å²) in [7, 11) is 5.41. The summed E-state index contributed by atoms with van der Waals surface area (Å²) in [4.78, 5) is 2.03. The maximum absolute atomic E-state index is 9.93. The number of azo groups is 1. The van der Waals surface area contributed by atoms with Gasteiger partial charge in [0.25, 0.3) is 0 Å². The van der Waals surface area contributed by atoms with E-state index in [1.807, 2.05) is 73.6 Å². The lowest BCUT2D eigenvalue weighted by Gasteiger charge is -2.13. The molecule has 0 N–H and O–H groups in total. The van der Waals surface area contributed by atoms with Crippen LogP contribution in [0.15, 0.2) is 77.5 Å². The van der Waals surface area contributed by atoms with E-state index in [4.69, 9.17) is 10.7 Å². The lowest BCUT2D eigenvalue weighted by Crippen LogP contribution is -2.08. The Labute approximate surface area is 147 Å². The van der Waals surface area contributed by atoms with E-state index in [1.54, 1.807) is 0 Å². The van der Waals surface area contributed by atoms with Gasteiger partial charge in [-0.3, -0.25) is 0 Å². The number of rotatable bonds is 5. The van der Waals surface area contributed by atoms with Crippen LogP contribution in [0.3, 0.4) is 0 Å². The third-order valence-electron chi connectivity index (χ3n) is 2.71. The largest absolute Gasteiger partial charge is 0.376 e. The van der Waals surface area contributed by atoms with Gasteiger partial charge in [0.05, 0.1) is 17.1 Å². The molecule has 7 heteroatoms. The molecule has 0 spiro atoms. The van der Waals surface area contributed by atoms with Gasteiger partial charge >= 0.3 is 0 Å². The Morgan fingerprint density at radius 3 is 2.12 bits per heavy atom. The van der Waals surface area contributed by atoms with Crippen LogP contribution in [0.25, 0.3) is 0 Å². The van der Waals surface area contributed by atoms with Crippen molar-refractivity contribution in [3.05, 3.63) is 67.3 Å². The molecule has 0 fully saturated rings. The van der Waals surface area contributed by atoms with Gasteiger partial charge in [-0.15, -0.1) is 11.7 Å². The fraction of sp³-hybridized carbons (Fsp3) is 0.176. The van der Waals surface area contributed by atoms with Crippen LogP contribution >= 0.6 is 10.7 Å². The van der Waals surface area contributed by atoms with Crippen molar-refractivity contribution in [1.29, 1.82) is 0 Å². The van der Waals surface area contributed by atoms with E-state index in [9.17, 15) is 8.42 Å². The number of anilines is 1. The number of benzene rings is 2. The second kappa shape index (κ2) is 9.85. The van der Waals surface area contributed by atoms with Gasteiger partial charge in [-0.25, -0.2) is 8.42 Å². The van der Waals surface area contributed by atoms with Crippen LogP contribution in [0.5, 0.6) is 0 Å². The molecule has 2 aromatic rings. The zero-order valence-corrected chi connectivity index (χ0v) is 15.2. The van der Waals surface area contributed by atoms with Crippen molar-refractivity contribution in [2.45, 2.75) is 0 Å². The quantitative estimate of drug-likeness (QED) is 0.429. The third kappa shape index (κ3) is 7.89. The van der Waals surface area contributed by atoms with Gasteiger partial charge in [0.15, 0.2) is 0 Å². The third-order valence-corrected chi connectivity index (χ3v) is 3.72. The molecule has 0 aliphatic carbocycles. The summed E-state index contributed by atoms with van der Waals surface area (Å²) in [6.07, 6.45) is 1.24. The Morgan fingerprint density at radius 2 is 1.62 bits per heavy atom. The van der Waals surface area contributed by atoms with E-state index in [0.717, 1.165) is 17.1 Å². The Kier molecular flexibility index (Phi) is 8.15. The van der Waals surface area contributed by atoms with Gasteiger partial charge in [-0.1, -0.05) is 36.4 Å². The van der Waals surface area contributed by atoms with E-state index in [2.05, 4.69) is 16.8 Å². The zero-order chi connectivity index (χ0) is 18.0. The molecule has 0 amide bonds. The standard InChI is InChI=1S/C14H15N3.C3H5ClO2S/c1-17(2)14-11-7-6-10-13(14)16-15-12-8-4-3-5-9-12;1-2-3-7(4,5)6/h3-11H,1-2H3;2H,1,3H2. The summed E-state index contributed by atoms with van der Waals surface area (Å²) >= 11 is 0. The van der Waals surface area contributed by atoms with Gasteiger partial charge in [0.1, 0.15) is 5.69 Å². The van der Waals surface area contributed by atoms with Crippen molar-refractivity contribution in [2.75, 3.05) is 24.7 Å². The molecular weight excluding hydrogens is 346 g/mol. The van der Waals surface area contributed by atoms with Gasteiger partial charge in [-0.05, 0) is 24.3 Å². The topological polar surface area (TPSA) is 62.1 Å². The fourth-order valence-corrected chi connectivity index (χ4v) is 2.22. The van der Waals surface area contributed by atoms with Crippen LogP contribution in [0.2, 0.25) is 0 Å². The first-order chi connectivity index (χ1) is 11.3. The summed E-state index contributed by atoms with van der Waals surface area (Å²) in [5.74, 6) is -0.158. The Bertz CT molecular complexity index is 775. The van der Waals surface area contributed by atoms with E-state index in [-0.39, 0.29) is 5.75 Å². The summed E-state index contributed by atoms with van der Waals surface area (Å²) in [6, 6.07) is 17.7. The molecule has 2 aromatic carbocycles. The van der Waals surface area contributed by atoms with Crippen molar-refractivity contribution >= 4 is 36.8 Å². The molecule has 5 nitrogen and oxygen atoms in total. The molecule has 0 saturated carbocycles. The van der Waals surface area contributed by atoms with Gasteiger partial charge in [0, 0.05) is 24.8 Å². The van der Waals surface area contributed by atoms with Gasteiger partial charge in [0.2, 0.25) is 9.05 Å². The van der Waals surface area contributed by atoms with E-state index < -0.39 is 9.05 Å². The first kappa shape index (κ1) is 19.9. The normalized spacial score (nSPS) is 10.8. The average Bonchev–Trinajstić information content (AvgIpc) is 2.53. The first-order valence-electron chi connectivity index (χ1n) is 7.10. The molecule has 0 aromatic heterocycles. The number of hydrogen-bond acceptors (Lipinski definition) is 5. The molecule has 0 heterocycles. The number of hydrogen-bond donors (Lipinski definition) is 0. The van der Waals surface area contributed by atoms with Crippen LogP contribution in [0.1, 0.15) is 0 Å². The number of para-hydroxylation sites is 1. The maximum atomic E-state index is 9.93. The van der Waals surface area contributed by atoms with E-state index >= 15 is 0 Å². The van der Waals surface area contributed by atoms with Gasteiger partial charge < -0.3 is 4.90 Å². The number of nitrogens with zero attached hydrogens (tertiary/aromatic N) is 3. The molecule has 128 valence electrons. The molecule has 24 heavy (non-hydrogen) atoms. The molecule has 0 radical (unpaired) electrons. The molecule has 0 unspecified atom stereocenters. The first-order valence-corrected chi connectivity index (χ1v) is 9.57.